The fourth-order valence-corrected chi connectivity index (χ4v) is 4.63. The smallest absolute Gasteiger partial charge is 0.282 e. The Morgan fingerprint density at radius 3 is 2.53 bits per heavy atom. The second-order valence-corrected chi connectivity index (χ2v) is 11.3. The van der Waals surface area contributed by atoms with Crippen LogP contribution in [0.3, 0.4) is 0 Å². The van der Waals surface area contributed by atoms with Gasteiger partial charge in [0.2, 0.25) is 0 Å². The molecule has 3 aromatic carbocycles. The van der Waals surface area contributed by atoms with Gasteiger partial charge >= 0.3 is 0 Å². The topological polar surface area (TPSA) is 65.7 Å². The first-order valence-corrected chi connectivity index (χ1v) is 13.0. The maximum Gasteiger partial charge on any atom is 0.282 e. The predicted octanol–water partition coefficient (Wildman–Crippen LogP) is 7.00. The first-order chi connectivity index (χ1) is 17.1. The number of fused-ring (bicyclic) bond motifs is 1. The second-order valence-electron chi connectivity index (χ2n) is 9.51. The average Bonchev–Trinajstić information content (AvgIpc) is 2.82. The highest BCUT2D eigenvalue weighted by molar-refractivity contribution is 9.10. The lowest BCUT2D eigenvalue weighted by molar-refractivity contribution is 0.284. The van der Waals surface area contributed by atoms with Gasteiger partial charge < -0.3 is 9.47 Å². The number of methoxy groups -OCH3 is 1. The van der Waals surface area contributed by atoms with Crippen molar-refractivity contribution in [3.05, 3.63) is 96.4 Å². The summed E-state index contributed by atoms with van der Waals surface area (Å²) in [5.74, 6) is 1.65. The molecule has 0 saturated carbocycles. The van der Waals surface area contributed by atoms with Crippen molar-refractivity contribution in [3.63, 3.8) is 0 Å². The Morgan fingerprint density at radius 1 is 1.06 bits per heavy atom. The van der Waals surface area contributed by atoms with Crippen LogP contribution in [0.1, 0.15) is 43.3 Å². The van der Waals surface area contributed by atoms with Gasteiger partial charge in [-0.2, -0.15) is 9.78 Å². The van der Waals surface area contributed by atoms with E-state index in [1.165, 1.54) is 4.68 Å². The van der Waals surface area contributed by atoms with E-state index in [4.69, 9.17) is 14.5 Å². The summed E-state index contributed by atoms with van der Waals surface area (Å²) in [5, 5.41) is 5.10. The Hall–Kier alpha value is -2.97. The molecule has 36 heavy (non-hydrogen) atoms. The Balaban J connectivity index is 1.82. The number of nitrogens with zero attached hydrogens (tertiary/aromatic N) is 3. The molecule has 0 atom stereocenters. The van der Waals surface area contributed by atoms with Gasteiger partial charge in [0.05, 0.1) is 24.2 Å². The standard InChI is InChI=1S/C28H27Br2N3O3/c1-17-7-6-8-18(11-17)16-36-25-19(12-21(30)14-24(25)35-5)15-31-33-26(34)22-13-20(29)9-10-23(22)32-27(33)28(2,3)4/h6-15H,16H2,1-5H3. The molecule has 186 valence electrons. The summed E-state index contributed by atoms with van der Waals surface area (Å²) in [4.78, 5) is 18.3. The van der Waals surface area contributed by atoms with Crippen LogP contribution >= 0.6 is 31.9 Å². The van der Waals surface area contributed by atoms with Crippen LogP contribution in [-0.2, 0) is 12.0 Å². The van der Waals surface area contributed by atoms with E-state index in [0.29, 0.717) is 40.4 Å². The number of hydrogen-bond acceptors (Lipinski definition) is 5. The van der Waals surface area contributed by atoms with Crippen molar-refractivity contribution in [1.82, 2.24) is 9.66 Å². The maximum absolute atomic E-state index is 13.5. The summed E-state index contributed by atoms with van der Waals surface area (Å²) in [6.07, 6.45) is 1.61. The van der Waals surface area contributed by atoms with Crippen LogP contribution in [0.2, 0.25) is 0 Å². The summed E-state index contributed by atoms with van der Waals surface area (Å²) in [5.41, 5.74) is 2.83. The normalized spacial score (nSPS) is 11.9. The molecule has 0 saturated heterocycles. The molecular formula is C28H27Br2N3O3. The zero-order chi connectivity index (χ0) is 26.0. The van der Waals surface area contributed by atoms with Crippen molar-refractivity contribution in [2.45, 2.75) is 39.7 Å². The van der Waals surface area contributed by atoms with Gasteiger partial charge in [0.15, 0.2) is 11.5 Å². The number of ether oxygens (including phenoxy) is 2. The molecule has 0 amide bonds. The SMILES string of the molecule is COc1cc(Br)cc(C=Nn2c(C(C)(C)C)nc3ccc(Br)cc3c2=O)c1OCc1cccc(C)c1. The minimum Gasteiger partial charge on any atom is -0.493 e. The highest BCUT2D eigenvalue weighted by Gasteiger charge is 2.23. The van der Waals surface area contributed by atoms with E-state index in [9.17, 15) is 4.79 Å². The van der Waals surface area contributed by atoms with Gasteiger partial charge in [0.1, 0.15) is 12.4 Å². The van der Waals surface area contributed by atoms with Crippen LogP contribution in [0.5, 0.6) is 11.5 Å². The van der Waals surface area contributed by atoms with E-state index in [1.54, 1.807) is 19.4 Å². The molecule has 4 aromatic rings. The van der Waals surface area contributed by atoms with Crippen molar-refractivity contribution < 1.29 is 9.47 Å². The number of rotatable bonds is 6. The zero-order valence-corrected chi connectivity index (χ0v) is 24.0. The second kappa shape index (κ2) is 10.6. The van der Waals surface area contributed by atoms with E-state index in [2.05, 4.69) is 43.0 Å². The van der Waals surface area contributed by atoms with Gasteiger partial charge in [0.25, 0.3) is 5.56 Å². The van der Waals surface area contributed by atoms with Crippen LogP contribution < -0.4 is 15.0 Å². The van der Waals surface area contributed by atoms with Crippen molar-refractivity contribution in [2.24, 2.45) is 5.10 Å². The molecule has 0 radical (unpaired) electrons. The van der Waals surface area contributed by atoms with Crippen molar-refractivity contribution in [3.8, 4) is 11.5 Å². The van der Waals surface area contributed by atoms with Gasteiger partial charge in [-0.05, 0) is 42.8 Å². The zero-order valence-electron chi connectivity index (χ0n) is 20.8. The molecule has 1 aromatic heterocycles. The number of aryl methyl sites for hydroxylation is 1. The lowest BCUT2D eigenvalue weighted by atomic mass is 9.95. The predicted molar refractivity (Wildman–Crippen MR) is 152 cm³/mol. The van der Waals surface area contributed by atoms with Crippen LogP contribution in [0.4, 0.5) is 0 Å². The Morgan fingerprint density at radius 2 is 1.83 bits per heavy atom. The summed E-state index contributed by atoms with van der Waals surface area (Å²) in [6, 6.07) is 17.3. The van der Waals surface area contributed by atoms with Crippen LogP contribution in [0.15, 0.2) is 73.4 Å². The van der Waals surface area contributed by atoms with Crippen molar-refractivity contribution in [2.75, 3.05) is 7.11 Å². The average molecular weight is 613 g/mol. The quantitative estimate of drug-likeness (QED) is 0.220. The highest BCUT2D eigenvalue weighted by atomic mass is 79.9. The first kappa shape index (κ1) is 26.1. The molecule has 0 aliphatic rings. The number of benzene rings is 3. The molecule has 6 nitrogen and oxygen atoms in total. The summed E-state index contributed by atoms with van der Waals surface area (Å²) < 4.78 is 14.8. The van der Waals surface area contributed by atoms with Gasteiger partial charge in [-0.3, -0.25) is 4.79 Å². The third kappa shape index (κ3) is 5.71. The fourth-order valence-electron chi connectivity index (χ4n) is 3.81. The molecule has 0 aliphatic heterocycles. The summed E-state index contributed by atoms with van der Waals surface area (Å²) >= 11 is 6.99. The highest BCUT2D eigenvalue weighted by Crippen LogP contribution is 2.35. The largest absolute Gasteiger partial charge is 0.493 e. The summed E-state index contributed by atoms with van der Waals surface area (Å²) in [6.45, 7) is 8.42. The Labute approximate surface area is 227 Å². The van der Waals surface area contributed by atoms with E-state index >= 15 is 0 Å². The minimum atomic E-state index is -0.419. The summed E-state index contributed by atoms with van der Waals surface area (Å²) in [7, 11) is 1.59. The lowest BCUT2D eigenvalue weighted by Crippen LogP contribution is -2.29. The van der Waals surface area contributed by atoms with Gasteiger partial charge in [-0.15, -0.1) is 0 Å². The van der Waals surface area contributed by atoms with Crippen LogP contribution in [-0.4, -0.2) is 23.0 Å². The first-order valence-electron chi connectivity index (χ1n) is 11.4. The molecule has 0 spiro atoms. The van der Waals surface area contributed by atoms with E-state index in [1.807, 2.05) is 70.2 Å². The molecule has 0 N–H and O–H groups in total. The van der Waals surface area contributed by atoms with Gasteiger partial charge in [-0.1, -0.05) is 82.5 Å². The van der Waals surface area contributed by atoms with Gasteiger partial charge in [0, 0.05) is 19.9 Å². The van der Waals surface area contributed by atoms with E-state index in [-0.39, 0.29) is 5.56 Å². The van der Waals surface area contributed by atoms with Crippen molar-refractivity contribution in [1.29, 1.82) is 0 Å². The molecule has 0 unspecified atom stereocenters. The number of hydrogen-bond donors (Lipinski definition) is 0. The van der Waals surface area contributed by atoms with Crippen molar-refractivity contribution >= 4 is 49.0 Å². The third-order valence-corrected chi connectivity index (χ3v) is 6.48. The fraction of sp³-hybridized carbons (Fsp3) is 0.250. The van der Waals surface area contributed by atoms with Crippen LogP contribution in [0.25, 0.3) is 10.9 Å². The molecular weight excluding hydrogens is 586 g/mol. The molecule has 0 bridgehead atoms. The molecule has 1 heterocycles. The lowest BCUT2D eigenvalue weighted by Gasteiger charge is -2.21. The van der Waals surface area contributed by atoms with Gasteiger partial charge in [-0.25, -0.2) is 4.98 Å². The molecule has 8 heteroatoms. The minimum absolute atomic E-state index is 0.244. The van der Waals surface area contributed by atoms with E-state index in [0.717, 1.165) is 20.1 Å². The third-order valence-electron chi connectivity index (χ3n) is 5.53. The molecule has 4 rings (SSSR count). The monoisotopic (exact) mass is 611 g/mol. The Bertz CT molecular complexity index is 1520. The molecule has 0 aliphatic carbocycles. The number of halogens is 2. The maximum atomic E-state index is 13.5. The Kier molecular flexibility index (Phi) is 7.66. The van der Waals surface area contributed by atoms with Crippen LogP contribution in [0, 0.1) is 6.92 Å². The molecule has 0 fully saturated rings. The van der Waals surface area contributed by atoms with E-state index < -0.39 is 5.41 Å². The number of aromatic nitrogens is 2.